The first kappa shape index (κ1) is 18.1. The van der Waals surface area contributed by atoms with Crippen LogP contribution in [-0.4, -0.2) is 6.15 Å². The molecule has 7 heavy (non-hydrogen) atoms. The van der Waals surface area contributed by atoms with Crippen LogP contribution < -0.4 is 0 Å². The van der Waals surface area contributed by atoms with Crippen molar-refractivity contribution in [2.75, 3.05) is 0 Å². The molecule has 0 radical (unpaired) electrons. The lowest BCUT2D eigenvalue weighted by molar-refractivity contribution is -0.191. The zero-order valence-electron chi connectivity index (χ0n) is 3.03. The molecule has 0 atom stereocenters. The van der Waals surface area contributed by atoms with Crippen molar-refractivity contribution >= 4 is 6.15 Å². The minimum Gasteiger partial charge on any atom is -0.186 e. The van der Waals surface area contributed by atoms with Gasteiger partial charge in [-0.25, -0.2) is 0 Å². The van der Waals surface area contributed by atoms with Crippen LogP contribution in [0.25, 0.3) is 0 Å². The summed E-state index contributed by atoms with van der Waals surface area (Å²) in [6, 6.07) is 0. The normalized spacial score (nSPS) is 2.00. The molecule has 0 aliphatic carbocycles. The molecule has 0 saturated carbocycles. The molecule has 0 aromatic heterocycles. The molecule has 0 unspecified atom stereocenters. The number of hydrogen-bond donors (Lipinski definition) is 0. The summed E-state index contributed by atoms with van der Waals surface area (Å²) in [6.45, 7) is 0. The summed E-state index contributed by atoms with van der Waals surface area (Å²) in [7, 11) is 0. The van der Waals surface area contributed by atoms with E-state index in [1.165, 1.54) is 0 Å². The van der Waals surface area contributed by atoms with Crippen molar-refractivity contribution in [2.24, 2.45) is 0 Å². The number of hydrogen-bond acceptors (Lipinski definition) is 6. The zero-order chi connectivity index (χ0) is 6.71. The SMILES string of the molecule is N#N.O=C=O.O=O. The fourth-order valence-electron chi connectivity index (χ4n) is 0. The molecular formula is CN2O4. The molecule has 6 heteroatoms. The summed E-state index contributed by atoms with van der Waals surface area (Å²) < 4.78 is 0. The fraction of sp³-hybridized carbons (Fsp3) is 0. The molecule has 0 aromatic carbocycles. The van der Waals surface area contributed by atoms with Gasteiger partial charge in [0.2, 0.25) is 0 Å². The largest absolute Gasteiger partial charge is 0.373 e. The van der Waals surface area contributed by atoms with Gasteiger partial charge in [-0.1, -0.05) is 0 Å². The van der Waals surface area contributed by atoms with Crippen LogP contribution in [0, 0.1) is 20.7 Å². The topological polar surface area (TPSA) is 116 Å². The van der Waals surface area contributed by atoms with Gasteiger partial charge >= 0.3 is 6.15 Å². The number of rotatable bonds is 0. The molecule has 0 fully saturated rings. The lowest BCUT2D eigenvalue weighted by atomic mass is 11.8. The Morgan fingerprint density at radius 3 is 1.00 bits per heavy atom. The van der Waals surface area contributed by atoms with E-state index >= 15 is 0 Å². The molecule has 0 N–H and O–H groups in total. The average molecular weight is 104 g/mol. The van der Waals surface area contributed by atoms with Crippen molar-refractivity contribution < 1.29 is 9.59 Å². The first-order valence-corrected chi connectivity index (χ1v) is 0.775. The molecule has 0 amide bonds. The molecule has 6 nitrogen and oxygen atoms in total. The van der Waals surface area contributed by atoms with Crippen molar-refractivity contribution in [2.45, 2.75) is 0 Å². The molecule has 0 rings (SSSR count). The zero-order valence-corrected chi connectivity index (χ0v) is 3.03. The molecule has 0 heterocycles. The standard InChI is InChI=1S/CO2.N2.O2/c2-1-3;2*1-2. The van der Waals surface area contributed by atoms with Gasteiger partial charge in [0.15, 0.2) is 0 Å². The van der Waals surface area contributed by atoms with E-state index in [1.807, 2.05) is 0 Å². The van der Waals surface area contributed by atoms with Gasteiger partial charge in [-0.3, -0.25) is 0 Å². The summed E-state index contributed by atoms with van der Waals surface area (Å²) in [5.74, 6) is 0. The van der Waals surface area contributed by atoms with Gasteiger partial charge in [0.1, 0.15) is 0 Å². The number of nitrogens with zero attached hydrogens (tertiary/aromatic N) is 2. The molecule has 0 bridgehead atoms. The minimum atomic E-state index is 0.250. The molecule has 0 spiro atoms. The Kier molecular flexibility index (Phi) is 366. The van der Waals surface area contributed by atoms with Crippen LogP contribution in [0.1, 0.15) is 0 Å². The second-order valence-corrected chi connectivity index (χ2v) is 0.0833. The van der Waals surface area contributed by atoms with Gasteiger partial charge in [0.25, 0.3) is 0 Å². The maximum absolute atomic E-state index is 8.12. The van der Waals surface area contributed by atoms with Crippen LogP contribution in [0.5, 0.6) is 0 Å². The Hall–Kier alpha value is -1.60. The molecule has 38 valence electrons. The van der Waals surface area contributed by atoms with E-state index in [0.717, 1.165) is 0 Å². The van der Waals surface area contributed by atoms with Crippen molar-refractivity contribution in [3.05, 3.63) is 9.93 Å². The van der Waals surface area contributed by atoms with E-state index in [9.17, 15) is 0 Å². The van der Waals surface area contributed by atoms with E-state index in [1.54, 1.807) is 0 Å². The molecule has 0 aromatic rings. The summed E-state index contributed by atoms with van der Waals surface area (Å²) in [4.78, 5) is 30.2. The summed E-state index contributed by atoms with van der Waals surface area (Å²) in [5, 5.41) is 12.0. The van der Waals surface area contributed by atoms with E-state index in [0.29, 0.717) is 0 Å². The van der Waals surface area contributed by atoms with Gasteiger partial charge < -0.3 is 0 Å². The van der Waals surface area contributed by atoms with Crippen LogP contribution in [0.4, 0.5) is 0 Å². The second kappa shape index (κ2) is 141. The predicted octanol–water partition coefficient (Wildman–Crippen LogP) is -0.486. The highest BCUT2D eigenvalue weighted by Gasteiger charge is 1.13. The quantitative estimate of drug-likeness (QED) is 0.383. The third-order valence-corrected chi connectivity index (χ3v) is 0. The lowest BCUT2D eigenvalue weighted by Gasteiger charge is -0.945. The Morgan fingerprint density at radius 1 is 1.00 bits per heavy atom. The summed E-state index contributed by atoms with van der Waals surface area (Å²) >= 11 is 0. The van der Waals surface area contributed by atoms with Crippen LogP contribution in [0.3, 0.4) is 0 Å². The Balaban J connectivity index is -0.0000000360. The first-order chi connectivity index (χ1) is 3.41. The van der Waals surface area contributed by atoms with Crippen LogP contribution in [0.15, 0.2) is 0 Å². The predicted molar refractivity (Wildman–Crippen MR) is 15.2 cm³/mol. The van der Waals surface area contributed by atoms with Crippen molar-refractivity contribution in [3.63, 3.8) is 0 Å². The highest BCUT2D eigenvalue weighted by molar-refractivity contribution is 5.20. The summed E-state index contributed by atoms with van der Waals surface area (Å²) in [5.41, 5.74) is 0. The van der Waals surface area contributed by atoms with E-state index in [-0.39, 0.29) is 6.15 Å². The first-order valence-electron chi connectivity index (χ1n) is 0.775. The van der Waals surface area contributed by atoms with Gasteiger partial charge in [0.05, 0.1) is 0 Å². The Bertz CT molecular complexity index is 61.3. The van der Waals surface area contributed by atoms with E-state index in [2.05, 4.69) is 0 Å². The van der Waals surface area contributed by atoms with Crippen molar-refractivity contribution in [1.29, 1.82) is 10.8 Å². The Labute approximate surface area is 37.8 Å². The van der Waals surface area contributed by atoms with Gasteiger partial charge in [0, 0.05) is 20.7 Å². The van der Waals surface area contributed by atoms with Gasteiger partial charge in [-0.05, 0) is 0 Å². The fourth-order valence-corrected chi connectivity index (χ4v) is 0. The smallest absolute Gasteiger partial charge is 0.186 e. The van der Waals surface area contributed by atoms with Crippen LogP contribution in [-0.2, 0) is 9.59 Å². The van der Waals surface area contributed by atoms with E-state index < -0.39 is 0 Å². The van der Waals surface area contributed by atoms with Crippen LogP contribution >= 0.6 is 0 Å². The molecule has 0 aliphatic heterocycles. The maximum atomic E-state index is 8.12. The van der Waals surface area contributed by atoms with E-state index in [4.69, 9.17) is 30.3 Å². The molecular weight excluding hydrogens is 104 g/mol. The summed E-state index contributed by atoms with van der Waals surface area (Å²) in [6.07, 6.45) is 0.250. The van der Waals surface area contributed by atoms with Gasteiger partial charge in [-0.2, -0.15) is 9.59 Å². The monoisotopic (exact) mass is 104 g/mol. The minimum absolute atomic E-state index is 0.250. The lowest BCUT2D eigenvalue weighted by Crippen LogP contribution is -1.22. The average Bonchev–Trinajstić information content (AvgIpc) is 1.78. The third kappa shape index (κ3) is 9.90. The highest BCUT2D eigenvalue weighted by Crippen LogP contribution is 0.787. The molecule has 0 aliphatic rings. The second-order valence-electron chi connectivity index (χ2n) is 0.0833. The molecule has 0 saturated heterocycles. The number of carbonyl (C=O) groups excluding carboxylic acids is 2. The third-order valence-electron chi connectivity index (χ3n) is 0. The highest BCUT2D eigenvalue weighted by atomic mass is 16.7. The maximum Gasteiger partial charge on any atom is 0.373 e. The van der Waals surface area contributed by atoms with Crippen LogP contribution in [0.2, 0.25) is 0 Å². The Morgan fingerprint density at radius 2 is 1.00 bits per heavy atom. The van der Waals surface area contributed by atoms with Gasteiger partial charge in [-0.15, -0.1) is 0 Å². The van der Waals surface area contributed by atoms with Crippen molar-refractivity contribution in [3.8, 4) is 0 Å². The van der Waals surface area contributed by atoms with Crippen molar-refractivity contribution in [1.82, 2.24) is 0 Å².